The molecule has 0 radical (unpaired) electrons. The van der Waals surface area contributed by atoms with Crippen LogP contribution in [0, 0.1) is 19.8 Å². The van der Waals surface area contributed by atoms with Crippen molar-refractivity contribution in [3.8, 4) is 5.75 Å². The third-order valence-electron chi connectivity index (χ3n) is 4.31. The molecule has 7 heteroatoms. The molecule has 1 saturated heterocycles. The second-order valence-corrected chi connectivity index (χ2v) is 8.30. The van der Waals surface area contributed by atoms with Crippen molar-refractivity contribution < 1.29 is 18.3 Å². The van der Waals surface area contributed by atoms with Gasteiger partial charge in [0.1, 0.15) is 5.75 Å². The molecular weight excluding hydrogens is 316 g/mol. The third-order valence-corrected chi connectivity index (χ3v) is 6.16. The lowest BCUT2D eigenvalue weighted by atomic mass is 9.98. The van der Waals surface area contributed by atoms with Gasteiger partial charge < -0.3 is 10.4 Å². The fourth-order valence-corrected chi connectivity index (χ4v) is 3.94. The maximum absolute atomic E-state index is 12.5. The Morgan fingerprint density at radius 1 is 1.35 bits per heavy atom. The number of rotatable bonds is 4. The molecule has 2 N–H and O–H groups in total. The number of hydrogen-bond donors (Lipinski definition) is 2. The van der Waals surface area contributed by atoms with Crippen molar-refractivity contribution in [2.24, 2.45) is 5.92 Å². The molecule has 0 aliphatic carbocycles. The van der Waals surface area contributed by atoms with Crippen LogP contribution < -0.4 is 5.32 Å². The zero-order valence-electron chi connectivity index (χ0n) is 13.8. The Kier molecular flexibility index (Phi) is 5.31. The first-order valence-electron chi connectivity index (χ1n) is 7.83. The highest BCUT2D eigenvalue weighted by Crippen LogP contribution is 2.27. The number of sulfonamides is 1. The fraction of sp³-hybridized carbons (Fsp3) is 0.562. The monoisotopic (exact) mass is 340 g/mol. The normalized spacial score (nSPS) is 19.5. The standard InChI is InChI=1S/C16H24N2O4S/c1-4-23(21,22)18-7-5-6-13(10-18)16(20)17-14-8-12(3)15(19)9-11(14)2/h8-9,13,19H,4-7,10H2,1-3H3,(H,17,20). The minimum Gasteiger partial charge on any atom is -0.508 e. The summed E-state index contributed by atoms with van der Waals surface area (Å²) < 4.78 is 25.4. The number of aromatic hydroxyl groups is 1. The van der Waals surface area contributed by atoms with Crippen LogP contribution in [0.2, 0.25) is 0 Å². The maximum atomic E-state index is 12.5. The van der Waals surface area contributed by atoms with Crippen LogP contribution in [0.4, 0.5) is 5.69 Å². The van der Waals surface area contributed by atoms with Gasteiger partial charge in [0.15, 0.2) is 0 Å². The smallest absolute Gasteiger partial charge is 0.228 e. The first-order valence-corrected chi connectivity index (χ1v) is 9.44. The van der Waals surface area contributed by atoms with Gasteiger partial charge in [0.25, 0.3) is 0 Å². The Labute approximate surface area is 137 Å². The number of benzene rings is 1. The number of piperidine rings is 1. The van der Waals surface area contributed by atoms with Gasteiger partial charge in [-0.15, -0.1) is 0 Å². The zero-order valence-corrected chi connectivity index (χ0v) is 14.6. The molecular formula is C16H24N2O4S. The van der Waals surface area contributed by atoms with Crippen molar-refractivity contribution in [3.05, 3.63) is 23.3 Å². The van der Waals surface area contributed by atoms with Crippen molar-refractivity contribution in [1.82, 2.24) is 4.31 Å². The minimum absolute atomic E-state index is 0.0532. The third kappa shape index (κ3) is 4.03. The average Bonchev–Trinajstić information content (AvgIpc) is 2.52. The average molecular weight is 340 g/mol. The first-order chi connectivity index (χ1) is 10.7. The van der Waals surface area contributed by atoms with E-state index >= 15 is 0 Å². The molecule has 2 rings (SSSR count). The second kappa shape index (κ2) is 6.88. The van der Waals surface area contributed by atoms with Crippen molar-refractivity contribution in [2.75, 3.05) is 24.2 Å². The van der Waals surface area contributed by atoms with E-state index in [1.54, 1.807) is 26.0 Å². The Bertz CT molecular complexity index is 700. The highest BCUT2D eigenvalue weighted by atomic mass is 32.2. The van der Waals surface area contributed by atoms with E-state index in [4.69, 9.17) is 0 Å². The molecule has 23 heavy (non-hydrogen) atoms. The number of hydrogen-bond acceptors (Lipinski definition) is 4. The largest absolute Gasteiger partial charge is 0.508 e. The Morgan fingerprint density at radius 3 is 2.70 bits per heavy atom. The van der Waals surface area contributed by atoms with Gasteiger partial charge in [-0.25, -0.2) is 12.7 Å². The van der Waals surface area contributed by atoms with Gasteiger partial charge in [-0.1, -0.05) is 0 Å². The summed E-state index contributed by atoms with van der Waals surface area (Å²) >= 11 is 0. The topological polar surface area (TPSA) is 86.7 Å². The number of nitrogens with one attached hydrogen (secondary N) is 1. The number of phenols is 1. The summed E-state index contributed by atoms with van der Waals surface area (Å²) in [5, 5.41) is 12.5. The van der Waals surface area contributed by atoms with Gasteiger partial charge in [0.2, 0.25) is 15.9 Å². The van der Waals surface area contributed by atoms with Crippen molar-refractivity contribution >= 4 is 21.6 Å². The Hall–Kier alpha value is -1.60. The quantitative estimate of drug-likeness (QED) is 0.821. The molecule has 1 aliphatic heterocycles. The summed E-state index contributed by atoms with van der Waals surface area (Å²) in [7, 11) is -3.26. The van der Waals surface area contributed by atoms with E-state index in [0.717, 1.165) is 5.56 Å². The lowest BCUT2D eigenvalue weighted by Gasteiger charge is -2.31. The molecule has 1 aromatic carbocycles. The van der Waals surface area contributed by atoms with Gasteiger partial charge >= 0.3 is 0 Å². The molecule has 1 amide bonds. The van der Waals surface area contributed by atoms with E-state index < -0.39 is 10.0 Å². The summed E-state index contributed by atoms with van der Waals surface area (Å²) in [6, 6.07) is 3.34. The first kappa shape index (κ1) is 17.7. The molecule has 0 bridgehead atoms. The lowest BCUT2D eigenvalue weighted by molar-refractivity contribution is -0.120. The highest BCUT2D eigenvalue weighted by molar-refractivity contribution is 7.89. The summed E-state index contributed by atoms with van der Waals surface area (Å²) in [6.07, 6.45) is 1.36. The minimum atomic E-state index is -3.26. The van der Waals surface area contributed by atoms with Gasteiger partial charge in [-0.3, -0.25) is 4.79 Å². The van der Waals surface area contributed by atoms with Crippen LogP contribution in [0.25, 0.3) is 0 Å². The van der Waals surface area contributed by atoms with E-state index in [9.17, 15) is 18.3 Å². The van der Waals surface area contributed by atoms with E-state index in [2.05, 4.69) is 5.32 Å². The lowest BCUT2D eigenvalue weighted by Crippen LogP contribution is -2.44. The number of carbonyl (C=O) groups is 1. The predicted octanol–water partition coefficient (Wildman–Crippen LogP) is 2.01. The van der Waals surface area contributed by atoms with Gasteiger partial charge in [0.05, 0.1) is 11.7 Å². The summed E-state index contributed by atoms with van der Waals surface area (Å²) in [6.45, 7) is 5.90. The molecule has 1 fully saturated rings. The number of carbonyl (C=O) groups excluding carboxylic acids is 1. The van der Waals surface area contributed by atoms with Gasteiger partial charge in [0, 0.05) is 18.8 Å². The predicted molar refractivity (Wildman–Crippen MR) is 90.0 cm³/mol. The number of phenolic OH excluding ortho intramolecular Hbond substituents is 1. The van der Waals surface area contributed by atoms with Crippen LogP contribution in [0.5, 0.6) is 5.75 Å². The number of nitrogens with zero attached hydrogens (tertiary/aromatic N) is 1. The van der Waals surface area contributed by atoms with E-state index in [0.29, 0.717) is 30.6 Å². The van der Waals surface area contributed by atoms with Crippen LogP contribution in [-0.2, 0) is 14.8 Å². The molecule has 1 heterocycles. The van der Waals surface area contributed by atoms with Crippen molar-refractivity contribution in [1.29, 1.82) is 0 Å². The summed E-state index contributed by atoms with van der Waals surface area (Å²) in [5.41, 5.74) is 2.11. The van der Waals surface area contributed by atoms with Crippen molar-refractivity contribution in [2.45, 2.75) is 33.6 Å². The molecule has 1 aliphatic rings. The molecule has 0 saturated carbocycles. The summed E-state index contributed by atoms with van der Waals surface area (Å²) in [5.74, 6) is -0.274. The number of anilines is 1. The summed E-state index contributed by atoms with van der Waals surface area (Å²) in [4.78, 5) is 12.5. The van der Waals surface area contributed by atoms with Crippen LogP contribution in [-0.4, -0.2) is 42.6 Å². The molecule has 0 spiro atoms. The highest BCUT2D eigenvalue weighted by Gasteiger charge is 2.31. The molecule has 1 unspecified atom stereocenters. The van der Waals surface area contributed by atoms with Crippen LogP contribution in [0.1, 0.15) is 30.9 Å². The van der Waals surface area contributed by atoms with Crippen LogP contribution in [0.15, 0.2) is 12.1 Å². The van der Waals surface area contributed by atoms with Crippen molar-refractivity contribution in [3.63, 3.8) is 0 Å². The molecule has 6 nitrogen and oxygen atoms in total. The second-order valence-electron chi connectivity index (χ2n) is 6.04. The number of aryl methyl sites for hydroxylation is 2. The van der Waals surface area contributed by atoms with Gasteiger partial charge in [-0.05, 0) is 56.9 Å². The fourth-order valence-electron chi connectivity index (χ4n) is 2.76. The SMILES string of the molecule is CCS(=O)(=O)N1CCCC(C(=O)Nc2cc(C)c(O)cc2C)C1. The molecule has 1 atom stereocenters. The zero-order chi connectivity index (χ0) is 17.2. The van der Waals surface area contributed by atoms with E-state index in [1.165, 1.54) is 4.31 Å². The maximum Gasteiger partial charge on any atom is 0.228 e. The van der Waals surface area contributed by atoms with E-state index in [1.807, 2.05) is 6.92 Å². The molecule has 128 valence electrons. The molecule has 1 aromatic rings. The van der Waals surface area contributed by atoms with Gasteiger partial charge in [-0.2, -0.15) is 0 Å². The molecule has 0 aromatic heterocycles. The van der Waals surface area contributed by atoms with Crippen LogP contribution in [0.3, 0.4) is 0 Å². The Balaban J connectivity index is 2.10. The van der Waals surface area contributed by atoms with Crippen LogP contribution >= 0.6 is 0 Å². The van der Waals surface area contributed by atoms with E-state index in [-0.39, 0.29) is 29.9 Å². The Morgan fingerprint density at radius 2 is 2.04 bits per heavy atom. The number of amides is 1.